The summed E-state index contributed by atoms with van der Waals surface area (Å²) in [4.78, 5) is 6.88. The molecule has 0 saturated carbocycles. The lowest BCUT2D eigenvalue weighted by molar-refractivity contribution is 0.0322. The van der Waals surface area contributed by atoms with E-state index in [9.17, 15) is 0 Å². The first kappa shape index (κ1) is 22.8. The maximum absolute atomic E-state index is 6.13. The number of hydrogen-bond acceptors (Lipinski definition) is 4. The first-order valence-corrected chi connectivity index (χ1v) is 10.5. The van der Waals surface area contributed by atoms with Crippen molar-refractivity contribution in [2.75, 3.05) is 44.8 Å². The van der Waals surface area contributed by atoms with Crippen LogP contribution in [-0.4, -0.2) is 50.3 Å². The van der Waals surface area contributed by atoms with Crippen LogP contribution in [-0.2, 0) is 24.1 Å². The maximum atomic E-state index is 6.13. The van der Waals surface area contributed by atoms with Crippen molar-refractivity contribution in [1.29, 1.82) is 0 Å². The van der Waals surface area contributed by atoms with Crippen LogP contribution < -0.4 is 15.8 Å². The number of morpholine rings is 1. The highest BCUT2D eigenvalue weighted by molar-refractivity contribution is 14.0. The molecular formula is C23H31IN4O2. The molecule has 0 radical (unpaired) electrons. The summed E-state index contributed by atoms with van der Waals surface area (Å²) in [6.45, 7) is 5.61. The number of anilines is 1. The van der Waals surface area contributed by atoms with Gasteiger partial charge < -0.3 is 20.5 Å². The number of aliphatic imine (C=N–C) groups is 1. The van der Waals surface area contributed by atoms with Crippen molar-refractivity contribution in [2.24, 2.45) is 10.7 Å². The first-order valence-electron chi connectivity index (χ1n) is 10.5. The first-order chi connectivity index (χ1) is 14.3. The topological polar surface area (TPSA) is 72.1 Å². The number of ether oxygens (including phenoxy) is 2. The fraction of sp³-hybridized carbons (Fsp3) is 0.435. The van der Waals surface area contributed by atoms with Crippen molar-refractivity contribution < 1.29 is 9.47 Å². The minimum Gasteiger partial charge on any atom is -0.492 e. The van der Waals surface area contributed by atoms with Gasteiger partial charge in [0.2, 0.25) is 0 Å². The molecule has 7 heteroatoms. The van der Waals surface area contributed by atoms with E-state index in [0.29, 0.717) is 19.1 Å². The lowest BCUT2D eigenvalue weighted by Crippen LogP contribution is -2.38. The monoisotopic (exact) mass is 522 g/mol. The SMILES string of the molecule is I.NC(=NCc1ccccc1OCCN1CCOCC1)Nc1ccc2c(c1)CCC2. The van der Waals surface area contributed by atoms with Gasteiger partial charge in [0.15, 0.2) is 5.96 Å². The second kappa shape index (κ2) is 11.5. The third-order valence-electron chi connectivity index (χ3n) is 5.53. The van der Waals surface area contributed by atoms with Crippen molar-refractivity contribution in [3.8, 4) is 5.75 Å². The van der Waals surface area contributed by atoms with Crippen LogP contribution in [0.5, 0.6) is 5.75 Å². The molecule has 2 aromatic rings. The lowest BCUT2D eigenvalue weighted by atomic mass is 10.1. The molecule has 0 aromatic heterocycles. The maximum Gasteiger partial charge on any atom is 0.193 e. The number of nitrogens with two attached hydrogens (primary N) is 1. The number of nitrogens with one attached hydrogen (secondary N) is 1. The Morgan fingerprint density at radius 1 is 1.10 bits per heavy atom. The molecule has 0 amide bonds. The number of guanidine groups is 1. The summed E-state index contributed by atoms with van der Waals surface area (Å²) in [6, 6.07) is 14.5. The number of halogens is 1. The molecule has 2 aromatic carbocycles. The molecule has 0 spiro atoms. The largest absolute Gasteiger partial charge is 0.492 e. The quantitative estimate of drug-likeness (QED) is 0.331. The number of fused-ring (bicyclic) bond motifs is 1. The number of aryl methyl sites for hydroxylation is 2. The lowest BCUT2D eigenvalue weighted by Gasteiger charge is -2.26. The smallest absolute Gasteiger partial charge is 0.193 e. The molecule has 0 bridgehead atoms. The van der Waals surface area contributed by atoms with Gasteiger partial charge in [0.25, 0.3) is 0 Å². The van der Waals surface area contributed by atoms with Crippen LogP contribution in [0.15, 0.2) is 47.5 Å². The number of rotatable bonds is 7. The van der Waals surface area contributed by atoms with Crippen molar-refractivity contribution in [3.05, 3.63) is 59.2 Å². The van der Waals surface area contributed by atoms with Crippen LogP contribution in [0.25, 0.3) is 0 Å². The van der Waals surface area contributed by atoms with Gasteiger partial charge >= 0.3 is 0 Å². The Bertz CT molecular complexity index is 853. The average molecular weight is 522 g/mol. The Morgan fingerprint density at radius 3 is 2.77 bits per heavy atom. The normalized spacial score (nSPS) is 16.6. The molecule has 1 saturated heterocycles. The Labute approximate surface area is 195 Å². The van der Waals surface area contributed by atoms with Gasteiger partial charge in [0, 0.05) is 30.9 Å². The van der Waals surface area contributed by atoms with Crippen LogP contribution in [0.2, 0.25) is 0 Å². The van der Waals surface area contributed by atoms with E-state index in [-0.39, 0.29) is 24.0 Å². The number of benzene rings is 2. The highest BCUT2D eigenvalue weighted by Gasteiger charge is 2.12. The van der Waals surface area contributed by atoms with Crippen LogP contribution in [0.3, 0.4) is 0 Å². The summed E-state index contributed by atoms with van der Waals surface area (Å²) in [7, 11) is 0. The third kappa shape index (κ3) is 6.33. The molecule has 1 fully saturated rings. The summed E-state index contributed by atoms with van der Waals surface area (Å²) in [5.41, 5.74) is 11.0. The predicted octanol–water partition coefficient (Wildman–Crippen LogP) is 3.43. The molecule has 4 rings (SSSR count). The van der Waals surface area contributed by atoms with Crippen LogP contribution >= 0.6 is 24.0 Å². The van der Waals surface area contributed by atoms with Crippen LogP contribution in [0.1, 0.15) is 23.1 Å². The summed E-state index contributed by atoms with van der Waals surface area (Å²) < 4.78 is 11.4. The van der Waals surface area contributed by atoms with E-state index in [1.54, 1.807) is 0 Å². The Morgan fingerprint density at radius 2 is 1.90 bits per heavy atom. The average Bonchev–Trinajstić information content (AvgIpc) is 3.22. The van der Waals surface area contributed by atoms with E-state index in [0.717, 1.165) is 56.3 Å². The molecule has 1 aliphatic carbocycles. The van der Waals surface area contributed by atoms with Crippen molar-refractivity contribution >= 4 is 35.6 Å². The van der Waals surface area contributed by atoms with Gasteiger partial charge in [-0.2, -0.15) is 0 Å². The van der Waals surface area contributed by atoms with Gasteiger partial charge in [0.05, 0.1) is 19.8 Å². The molecule has 3 N–H and O–H groups in total. The van der Waals surface area contributed by atoms with E-state index in [1.807, 2.05) is 24.3 Å². The van der Waals surface area contributed by atoms with E-state index < -0.39 is 0 Å². The number of hydrogen-bond donors (Lipinski definition) is 2. The van der Waals surface area contributed by atoms with E-state index >= 15 is 0 Å². The summed E-state index contributed by atoms with van der Waals surface area (Å²) >= 11 is 0. The van der Waals surface area contributed by atoms with Crippen molar-refractivity contribution in [2.45, 2.75) is 25.8 Å². The fourth-order valence-electron chi connectivity index (χ4n) is 3.89. The molecule has 0 atom stereocenters. The number of nitrogens with zero attached hydrogens (tertiary/aromatic N) is 2. The van der Waals surface area contributed by atoms with Gasteiger partial charge in [0.1, 0.15) is 12.4 Å². The minimum atomic E-state index is 0. The zero-order valence-corrected chi connectivity index (χ0v) is 19.6. The second-order valence-corrected chi connectivity index (χ2v) is 7.57. The molecule has 0 unspecified atom stereocenters. The number of para-hydroxylation sites is 1. The van der Waals surface area contributed by atoms with E-state index in [1.165, 1.54) is 24.0 Å². The molecule has 6 nitrogen and oxygen atoms in total. The Balaban J connectivity index is 0.00000256. The molecule has 1 aliphatic heterocycles. The minimum absolute atomic E-state index is 0. The second-order valence-electron chi connectivity index (χ2n) is 7.57. The van der Waals surface area contributed by atoms with Crippen molar-refractivity contribution in [1.82, 2.24) is 4.90 Å². The van der Waals surface area contributed by atoms with Crippen molar-refractivity contribution in [3.63, 3.8) is 0 Å². The predicted molar refractivity (Wildman–Crippen MR) is 132 cm³/mol. The van der Waals surface area contributed by atoms with Gasteiger partial charge in [-0.05, 0) is 48.6 Å². The van der Waals surface area contributed by atoms with Gasteiger partial charge in [-0.3, -0.25) is 4.90 Å². The van der Waals surface area contributed by atoms with Gasteiger partial charge in [-0.25, -0.2) is 4.99 Å². The molecule has 162 valence electrons. The Hall–Kier alpha value is -1.84. The van der Waals surface area contributed by atoms with Gasteiger partial charge in [-0.1, -0.05) is 24.3 Å². The molecule has 2 aliphatic rings. The highest BCUT2D eigenvalue weighted by Crippen LogP contribution is 2.25. The van der Waals surface area contributed by atoms with Crippen LogP contribution in [0, 0.1) is 0 Å². The third-order valence-corrected chi connectivity index (χ3v) is 5.53. The summed E-state index contributed by atoms with van der Waals surface area (Å²) in [5, 5.41) is 3.22. The fourth-order valence-corrected chi connectivity index (χ4v) is 3.89. The molecular weight excluding hydrogens is 491 g/mol. The zero-order valence-electron chi connectivity index (χ0n) is 17.3. The standard InChI is InChI=1S/C23H30N4O2.HI/c24-23(26-21-9-8-18-5-3-6-19(18)16-21)25-17-20-4-1-2-7-22(20)29-15-12-27-10-13-28-14-11-27;/h1-2,4,7-9,16H,3,5-6,10-15,17H2,(H3,24,25,26);1H. The Kier molecular flexibility index (Phi) is 8.77. The van der Waals surface area contributed by atoms with Crippen LogP contribution in [0.4, 0.5) is 5.69 Å². The zero-order chi connectivity index (χ0) is 19.9. The highest BCUT2D eigenvalue weighted by atomic mass is 127. The molecule has 1 heterocycles. The summed E-state index contributed by atoms with van der Waals surface area (Å²) in [5.74, 6) is 1.29. The van der Waals surface area contributed by atoms with E-state index in [2.05, 4.69) is 33.4 Å². The van der Waals surface area contributed by atoms with Gasteiger partial charge in [-0.15, -0.1) is 24.0 Å². The summed E-state index contributed by atoms with van der Waals surface area (Å²) in [6.07, 6.45) is 3.57. The van der Waals surface area contributed by atoms with E-state index in [4.69, 9.17) is 15.2 Å². The molecule has 30 heavy (non-hydrogen) atoms.